The topological polar surface area (TPSA) is 54.9 Å². The quantitative estimate of drug-likeness (QED) is 0.933. The summed E-state index contributed by atoms with van der Waals surface area (Å²) in [6, 6.07) is 3.79. The molecule has 0 unspecified atom stereocenters. The number of hydrogen-bond donors (Lipinski definition) is 1. The lowest BCUT2D eigenvalue weighted by molar-refractivity contribution is 0.0945. The van der Waals surface area contributed by atoms with Gasteiger partial charge in [0.05, 0.1) is 5.01 Å². The fourth-order valence-electron chi connectivity index (χ4n) is 1.77. The van der Waals surface area contributed by atoms with Gasteiger partial charge < -0.3 is 5.32 Å². The van der Waals surface area contributed by atoms with E-state index in [1.54, 1.807) is 23.7 Å². The molecule has 0 atom stereocenters. The molecule has 2 heterocycles. The highest BCUT2D eigenvalue weighted by atomic mass is 32.1. The second kappa shape index (κ2) is 5.93. The summed E-state index contributed by atoms with van der Waals surface area (Å²) in [5.74, 6) is 0.197. The van der Waals surface area contributed by atoms with Crippen LogP contribution in [0.2, 0.25) is 0 Å². The number of aromatic nitrogens is 2. The van der Waals surface area contributed by atoms with Gasteiger partial charge in [-0.2, -0.15) is 0 Å². The van der Waals surface area contributed by atoms with E-state index in [0.717, 1.165) is 15.4 Å². The fourth-order valence-corrected chi connectivity index (χ4v) is 2.69. The number of thiazole rings is 1. The maximum atomic E-state index is 12.2. The van der Waals surface area contributed by atoms with Crippen LogP contribution in [0.1, 0.15) is 45.7 Å². The first-order valence-corrected chi connectivity index (χ1v) is 7.04. The van der Waals surface area contributed by atoms with E-state index >= 15 is 0 Å². The van der Waals surface area contributed by atoms with Crippen LogP contribution in [-0.2, 0) is 6.54 Å². The molecule has 1 N–H and O–H groups in total. The maximum absolute atomic E-state index is 12.2. The molecule has 0 saturated heterocycles. The number of nitrogens with zero attached hydrogens (tertiary/aromatic N) is 2. The maximum Gasteiger partial charge on any atom is 0.271 e. The number of carbonyl (C=O) groups is 1. The van der Waals surface area contributed by atoms with Crippen molar-refractivity contribution in [2.75, 3.05) is 0 Å². The normalized spacial score (nSPS) is 10.7. The average Bonchev–Trinajstić information content (AvgIpc) is 2.79. The zero-order valence-electron chi connectivity index (χ0n) is 11.3. The summed E-state index contributed by atoms with van der Waals surface area (Å²) in [5, 5.41) is 3.82. The molecule has 0 saturated carbocycles. The SMILES string of the molecule is Cc1nc(C(=O)NCc2cccnc2)c(C(C)C)s1. The molecule has 1 amide bonds. The molecule has 2 rings (SSSR count). The molecule has 5 heteroatoms. The van der Waals surface area contributed by atoms with Gasteiger partial charge in [-0.25, -0.2) is 4.98 Å². The average molecular weight is 275 g/mol. The van der Waals surface area contributed by atoms with Gasteiger partial charge in [0.2, 0.25) is 0 Å². The highest BCUT2D eigenvalue weighted by Crippen LogP contribution is 2.26. The molecular weight excluding hydrogens is 258 g/mol. The second-order valence-electron chi connectivity index (χ2n) is 4.64. The zero-order chi connectivity index (χ0) is 13.8. The largest absolute Gasteiger partial charge is 0.347 e. The van der Waals surface area contributed by atoms with Gasteiger partial charge in [-0.05, 0) is 24.5 Å². The minimum Gasteiger partial charge on any atom is -0.347 e. The molecule has 2 aromatic rings. The molecule has 0 radical (unpaired) electrons. The summed E-state index contributed by atoms with van der Waals surface area (Å²) < 4.78 is 0. The summed E-state index contributed by atoms with van der Waals surface area (Å²) in [4.78, 5) is 21.6. The third kappa shape index (κ3) is 3.38. The standard InChI is InChI=1S/C14H17N3OS/c1-9(2)13-12(17-10(3)19-13)14(18)16-8-11-5-4-6-15-7-11/h4-7,9H,8H2,1-3H3,(H,16,18). The lowest BCUT2D eigenvalue weighted by atomic mass is 10.1. The molecule has 0 aromatic carbocycles. The van der Waals surface area contributed by atoms with Crippen LogP contribution in [0.4, 0.5) is 0 Å². The van der Waals surface area contributed by atoms with Crippen LogP contribution in [0.15, 0.2) is 24.5 Å². The molecule has 0 aliphatic carbocycles. The molecule has 0 bridgehead atoms. The molecule has 0 aliphatic rings. The van der Waals surface area contributed by atoms with Crippen molar-refractivity contribution in [2.24, 2.45) is 0 Å². The number of hydrogen-bond acceptors (Lipinski definition) is 4. The summed E-state index contributed by atoms with van der Waals surface area (Å²) in [6.45, 7) is 6.55. The van der Waals surface area contributed by atoms with Gasteiger partial charge in [-0.1, -0.05) is 19.9 Å². The number of nitrogens with one attached hydrogen (secondary N) is 1. The number of amides is 1. The first kappa shape index (κ1) is 13.7. The Morgan fingerprint density at radius 2 is 2.26 bits per heavy atom. The van der Waals surface area contributed by atoms with Gasteiger partial charge in [0.15, 0.2) is 0 Å². The van der Waals surface area contributed by atoms with E-state index in [-0.39, 0.29) is 5.91 Å². The van der Waals surface area contributed by atoms with Crippen molar-refractivity contribution in [2.45, 2.75) is 33.2 Å². The van der Waals surface area contributed by atoms with Crippen molar-refractivity contribution in [1.29, 1.82) is 0 Å². The van der Waals surface area contributed by atoms with Crippen molar-refractivity contribution in [1.82, 2.24) is 15.3 Å². The van der Waals surface area contributed by atoms with E-state index in [4.69, 9.17) is 0 Å². The third-order valence-corrected chi connectivity index (χ3v) is 3.95. The van der Waals surface area contributed by atoms with Crippen molar-refractivity contribution in [3.05, 3.63) is 45.7 Å². The van der Waals surface area contributed by atoms with Gasteiger partial charge in [0.25, 0.3) is 5.91 Å². The van der Waals surface area contributed by atoms with Gasteiger partial charge >= 0.3 is 0 Å². The Morgan fingerprint density at radius 3 is 2.89 bits per heavy atom. The van der Waals surface area contributed by atoms with Crippen molar-refractivity contribution in [3.63, 3.8) is 0 Å². The fraction of sp³-hybridized carbons (Fsp3) is 0.357. The van der Waals surface area contributed by atoms with Gasteiger partial charge in [-0.15, -0.1) is 11.3 Å². The second-order valence-corrected chi connectivity index (χ2v) is 5.88. The predicted molar refractivity (Wildman–Crippen MR) is 76.3 cm³/mol. The first-order chi connectivity index (χ1) is 9.08. The molecule has 19 heavy (non-hydrogen) atoms. The van der Waals surface area contributed by atoms with Crippen LogP contribution in [0.3, 0.4) is 0 Å². The number of aryl methyl sites for hydroxylation is 1. The van der Waals surface area contributed by atoms with Crippen LogP contribution >= 0.6 is 11.3 Å². The Bertz CT molecular complexity index is 563. The van der Waals surface area contributed by atoms with Crippen LogP contribution in [0, 0.1) is 6.92 Å². The van der Waals surface area contributed by atoms with E-state index < -0.39 is 0 Å². The minimum absolute atomic E-state index is 0.114. The molecule has 2 aromatic heterocycles. The minimum atomic E-state index is -0.114. The van der Waals surface area contributed by atoms with Crippen molar-refractivity contribution in [3.8, 4) is 0 Å². The smallest absolute Gasteiger partial charge is 0.271 e. The van der Waals surface area contributed by atoms with Gasteiger partial charge in [-0.3, -0.25) is 9.78 Å². The Hall–Kier alpha value is -1.75. The van der Waals surface area contributed by atoms with E-state index in [9.17, 15) is 4.79 Å². The molecule has 4 nitrogen and oxygen atoms in total. The lowest BCUT2D eigenvalue weighted by Gasteiger charge is -2.06. The van der Waals surface area contributed by atoms with E-state index in [1.807, 2.05) is 19.1 Å². The zero-order valence-corrected chi connectivity index (χ0v) is 12.1. The number of rotatable bonds is 4. The first-order valence-electron chi connectivity index (χ1n) is 6.22. The monoisotopic (exact) mass is 275 g/mol. The third-order valence-electron chi connectivity index (χ3n) is 2.68. The van der Waals surface area contributed by atoms with Gasteiger partial charge in [0, 0.05) is 23.8 Å². The lowest BCUT2D eigenvalue weighted by Crippen LogP contribution is -2.24. The Morgan fingerprint density at radius 1 is 1.47 bits per heavy atom. The molecule has 0 aliphatic heterocycles. The Labute approximate surface area is 116 Å². The number of carbonyl (C=O) groups excluding carboxylic acids is 1. The molecule has 100 valence electrons. The van der Waals surface area contributed by atoms with Crippen LogP contribution in [0.25, 0.3) is 0 Å². The van der Waals surface area contributed by atoms with E-state index in [1.165, 1.54) is 0 Å². The predicted octanol–water partition coefficient (Wildman–Crippen LogP) is 2.90. The molecule has 0 fully saturated rings. The summed E-state index contributed by atoms with van der Waals surface area (Å²) in [5.41, 5.74) is 1.54. The van der Waals surface area contributed by atoms with E-state index in [0.29, 0.717) is 18.2 Å². The number of pyridine rings is 1. The Kier molecular flexibility index (Phi) is 4.27. The van der Waals surface area contributed by atoms with Crippen LogP contribution in [-0.4, -0.2) is 15.9 Å². The molecule has 0 spiro atoms. The van der Waals surface area contributed by atoms with Crippen molar-refractivity contribution >= 4 is 17.2 Å². The molecular formula is C14H17N3OS. The summed E-state index contributed by atoms with van der Waals surface area (Å²) in [6.07, 6.45) is 3.46. The highest BCUT2D eigenvalue weighted by Gasteiger charge is 2.18. The summed E-state index contributed by atoms with van der Waals surface area (Å²) >= 11 is 1.59. The van der Waals surface area contributed by atoms with Crippen LogP contribution in [0.5, 0.6) is 0 Å². The Balaban J connectivity index is 2.08. The van der Waals surface area contributed by atoms with Crippen LogP contribution < -0.4 is 5.32 Å². The highest BCUT2D eigenvalue weighted by molar-refractivity contribution is 7.12. The summed E-state index contributed by atoms with van der Waals surface area (Å²) in [7, 11) is 0. The van der Waals surface area contributed by atoms with E-state index in [2.05, 4.69) is 29.1 Å². The van der Waals surface area contributed by atoms with Crippen molar-refractivity contribution < 1.29 is 4.79 Å². The van der Waals surface area contributed by atoms with Gasteiger partial charge in [0.1, 0.15) is 5.69 Å².